The highest BCUT2D eigenvalue weighted by Gasteiger charge is 1.94. The summed E-state index contributed by atoms with van der Waals surface area (Å²) in [7, 11) is 0. The van der Waals surface area contributed by atoms with Crippen molar-refractivity contribution >= 4 is 5.69 Å². The molecule has 0 aliphatic heterocycles. The molecule has 0 saturated heterocycles. The van der Waals surface area contributed by atoms with E-state index in [0.29, 0.717) is 5.69 Å². The lowest BCUT2D eigenvalue weighted by Crippen LogP contribution is -2.41. The molecule has 0 spiro atoms. The molecule has 0 heterocycles. The minimum atomic E-state index is -0.243. The molecule has 0 aromatic heterocycles. The third-order valence-electron chi connectivity index (χ3n) is 0.958. The lowest BCUT2D eigenvalue weighted by Gasteiger charge is -1.85. The van der Waals surface area contributed by atoms with Gasteiger partial charge >= 0.3 is 0 Å². The fourth-order valence-electron chi connectivity index (χ4n) is 0.498. The van der Waals surface area contributed by atoms with Crippen molar-refractivity contribution < 1.29 is 10.1 Å². The second-order valence-electron chi connectivity index (χ2n) is 1.59. The number of quaternary nitrogens is 1. The molecule has 0 atom stereocenters. The zero-order valence-electron chi connectivity index (χ0n) is 4.39. The average Bonchev–Trinajstić information content (AvgIpc) is 1.77. The van der Waals surface area contributed by atoms with Crippen LogP contribution in [0.5, 0.6) is 0 Å². The fourth-order valence-corrected chi connectivity index (χ4v) is 0.498. The minimum absolute atomic E-state index is 0.243. The van der Waals surface area contributed by atoms with Crippen LogP contribution >= 0.6 is 0 Å². The summed E-state index contributed by atoms with van der Waals surface area (Å²) in [6, 6.07) is 6.42. The van der Waals surface area contributed by atoms with Crippen LogP contribution in [0.1, 0.15) is 0 Å². The largest absolute Gasteiger partial charge is 0.323 e. The maximum atomic E-state index is 12.3. The Labute approximate surface area is 46.9 Å². The summed E-state index contributed by atoms with van der Waals surface area (Å²) in [5, 5.41) is 0. The van der Waals surface area contributed by atoms with Gasteiger partial charge in [-0.2, -0.15) is 0 Å². The van der Waals surface area contributed by atoms with Crippen molar-refractivity contribution in [1.82, 2.24) is 0 Å². The number of hydrogen-bond donors (Lipinski definition) is 1. The van der Waals surface area contributed by atoms with E-state index in [0.717, 1.165) is 0 Å². The van der Waals surface area contributed by atoms with Gasteiger partial charge in [-0.25, -0.2) is 4.39 Å². The van der Waals surface area contributed by atoms with Crippen LogP contribution in [0.3, 0.4) is 0 Å². The molecule has 3 N–H and O–H groups in total. The lowest BCUT2D eigenvalue weighted by atomic mass is 10.3. The van der Waals surface area contributed by atoms with E-state index in [9.17, 15) is 4.39 Å². The number of rotatable bonds is 0. The van der Waals surface area contributed by atoms with E-state index in [2.05, 4.69) is 5.73 Å². The Balaban J connectivity index is 3.13. The van der Waals surface area contributed by atoms with Gasteiger partial charge in [0.15, 0.2) is 11.5 Å². The van der Waals surface area contributed by atoms with Gasteiger partial charge in [-0.3, -0.25) is 0 Å². The van der Waals surface area contributed by atoms with Crippen molar-refractivity contribution in [3.63, 3.8) is 0 Å². The third kappa shape index (κ3) is 0.845. The van der Waals surface area contributed by atoms with E-state index in [1.54, 1.807) is 18.2 Å². The Bertz CT molecular complexity index is 165. The summed E-state index contributed by atoms with van der Waals surface area (Å²) in [6.07, 6.45) is 0. The van der Waals surface area contributed by atoms with Crippen molar-refractivity contribution in [3.05, 3.63) is 30.1 Å². The third-order valence-corrected chi connectivity index (χ3v) is 0.958. The van der Waals surface area contributed by atoms with E-state index in [1.165, 1.54) is 6.07 Å². The van der Waals surface area contributed by atoms with Crippen LogP contribution in [0.2, 0.25) is 0 Å². The van der Waals surface area contributed by atoms with E-state index in [-0.39, 0.29) is 5.82 Å². The zero-order valence-corrected chi connectivity index (χ0v) is 4.39. The molecule has 2 heteroatoms. The van der Waals surface area contributed by atoms with Crippen LogP contribution in [0.4, 0.5) is 10.1 Å². The van der Waals surface area contributed by atoms with Crippen LogP contribution in [-0.2, 0) is 0 Å². The average molecular weight is 112 g/mol. The molecule has 0 fully saturated rings. The summed E-state index contributed by atoms with van der Waals surface area (Å²) >= 11 is 0. The first-order chi connectivity index (χ1) is 3.80. The molecular formula is C6H7FN+. The first kappa shape index (κ1) is 5.25. The molecule has 0 radical (unpaired) electrons. The van der Waals surface area contributed by atoms with Crippen molar-refractivity contribution in [3.8, 4) is 0 Å². The van der Waals surface area contributed by atoms with Gasteiger partial charge in [-0.1, -0.05) is 12.1 Å². The van der Waals surface area contributed by atoms with Crippen molar-refractivity contribution in [1.29, 1.82) is 0 Å². The Hall–Kier alpha value is -0.890. The number of halogens is 1. The van der Waals surface area contributed by atoms with Gasteiger partial charge in [-0.15, -0.1) is 0 Å². The highest BCUT2D eigenvalue weighted by atomic mass is 19.1. The Kier molecular flexibility index (Phi) is 1.26. The summed E-state index contributed by atoms with van der Waals surface area (Å²) in [5.74, 6) is -0.243. The van der Waals surface area contributed by atoms with E-state index in [4.69, 9.17) is 0 Å². The quantitative estimate of drug-likeness (QED) is 0.511. The molecule has 1 aromatic rings. The Morgan fingerprint density at radius 2 is 1.88 bits per heavy atom. The number of hydrogen-bond acceptors (Lipinski definition) is 0. The smallest absolute Gasteiger partial charge is 0.183 e. The molecule has 1 rings (SSSR count). The standard InChI is InChI=1S/C6H6FN/c7-5-3-1-2-4-6(5)8/h1-4H,8H2/p+1. The molecule has 8 heavy (non-hydrogen) atoms. The predicted molar refractivity (Wildman–Crippen MR) is 28.9 cm³/mol. The summed E-state index contributed by atoms with van der Waals surface area (Å²) in [5.41, 5.74) is 3.90. The molecule has 0 amide bonds. The molecule has 1 aromatic carbocycles. The monoisotopic (exact) mass is 112 g/mol. The van der Waals surface area contributed by atoms with Gasteiger partial charge in [-0.05, 0) is 6.07 Å². The molecule has 0 aliphatic carbocycles. The van der Waals surface area contributed by atoms with Crippen molar-refractivity contribution in [2.45, 2.75) is 0 Å². The fraction of sp³-hybridized carbons (Fsp3) is 0. The highest BCUT2D eigenvalue weighted by molar-refractivity contribution is 5.28. The van der Waals surface area contributed by atoms with Gasteiger partial charge in [0.25, 0.3) is 0 Å². The lowest BCUT2D eigenvalue weighted by molar-refractivity contribution is -0.258. The minimum Gasteiger partial charge on any atom is -0.323 e. The molecule has 0 unspecified atom stereocenters. The first-order valence-electron chi connectivity index (χ1n) is 2.37. The normalized spacial score (nSPS) is 9.25. The molecule has 42 valence electrons. The van der Waals surface area contributed by atoms with Crippen LogP contribution in [0.15, 0.2) is 24.3 Å². The Morgan fingerprint density at radius 3 is 2.25 bits per heavy atom. The van der Waals surface area contributed by atoms with Gasteiger partial charge in [0.1, 0.15) is 0 Å². The summed E-state index contributed by atoms with van der Waals surface area (Å²) < 4.78 is 12.3. The molecular weight excluding hydrogens is 105 g/mol. The van der Waals surface area contributed by atoms with Crippen LogP contribution < -0.4 is 5.73 Å². The van der Waals surface area contributed by atoms with Crippen molar-refractivity contribution in [2.75, 3.05) is 0 Å². The van der Waals surface area contributed by atoms with E-state index in [1.807, 2.05) is 0 Å². The van der Waals surface area contributed by atoms with Gasteiger partial charge < -0.3 is 5.73 Å². The summed E-state index contributed by atoms with van der Waals surface area (Å²) in [6.45, 7) is 0. The Morgan fingerprint density at radius 1 is 1.25 bits per heavy atom. The first-order valence-corrected chi connectivity index (χ1v) is 2.37. The van der Waals surface area contributed by atoms with Gasteiger partial charge in [0, 0.05) is 6.07 Å². The van der Waals surface area contributed by atoms with Crippen LogP contribution in [-0.4, -0.2) is 0 Å². The second-order valence-corrected chi connectivity index (χ2v) is 1.59. The molecule has 0 aliphatic rings. The molecule has 1 nitrogen and oxygen atoms in total. The summed E-state index contributed by atoms with van der Waals surface area (Å²) in [4.78, 5) is 0. The molecule has 0 bridgehead atoms. The maximum Gasteiger partial charge on any atom is 0.183 e. The highest BCUT2D eigenvalue weighted by Crippen LogP contribution is 2.03. The predicted octanol–water partition coefficient (Wildman–Crippen LogP) is 0.699. The van der Waals surface area contributed by atoms with Gasteiger partial charge in [0.2, 0.25) is 0 Å². The second kappa shape index (κ2) is 1.92. The van der Waals surface area contributed by atoms with Crippen molar-refractivity contribution in [2.24, 2.45) is 0 Å². The molecule has 0 saturated carbocycles. The van der Waals surface area contributed by atoms with Crippen LogP contribution in [0.25, 0.3) is 0 Å². The van der Waals surface area contributed by atoms with Gasteiger partial charge in [0.05, 0.1) is 0 Å². The maximum absolute atomic E-state index is 12.3. The van der Waals surface area contributed by atoms with E-state index < -0.39 is 0 Å². The SMILES string of the molecule is [NH3+]c1ccccc1F. The zero-order chi connectivity index (χ0) is 5.98. The van der Waals surface area contributed by atoms with E-state index >= 15 is 0 Å². The topological polar surface area (TPSA) is 27.6 Å². The number of benzene rings is 1. The van der Waals surface area contributed by atoms with Crippen LogP contribution in [0, 0.1) is 5.82 Å².